The molecule has 3 N–H and O–H groups in total. The van der Waals surface area contributed by atoms with Gasteiger partial charge in [-0.3, -0.25) is 0 Å². The van der Waals surface area contributed by atoms with Crippen LogP contribution in [0.25, 0.3) is 0 Å². The van der Waals surface area contributed by atoms with E-state index in [1.54, 1.807) is 0 Å². The van der Waals surface area contributed by atoms with E-state index in [1.165, 1.54) is 12.8 Å². The molecule has 0 heterocycles. The van der Waals surface area contributed by atoms with Gasteiger partial charge in [-0.25, -0.2) is 0 Å². The van der Waals surface area contributed by atoms with Crippen LogP contribution in [0, 0.1) is 11.3 Å². The summed E-state index contributed by atoms with van der Waals surface area (Å²) in [5.74, 6) is 0.788. The molecule has 0 unspecified atom stereocenters. The highest BCUT2D eigenvalue weighted by Gasteiger charge is 2.37. The molecular formula is C17H26BrClN2. The minimum atomic E-state index is 0.0228. The third-order valence-corrected chi connectivity index (χ3v) is 6.10. The molecule has 1 saturated carbocycles. The van der Waals surface area contributed by atoms with Gasteiger partial charge in [0.1, 0.15) is 0 Å². The SMILES string of the molecule is CC(C)(C)C1CCC(CN)(Nc2ccc(Cl)c(Br)c2)CC1. The summed E-state index contributed by atoms with van der Waals surface area (Å²) in [7, 11) is 0. The standard InChI is InChI=1S/C17H26BrClN2/c1-16(2,3)12-6-8-17(11-20,9-7-12)21-13-4-5-15(19)14(18)10-13/h4-5,10,12,21H,6-9,11,20H2,1-3H3. The normalized spacial score (nSPS) is 26.7. The summed E-state index contributed by atoms with van der Waals surface area (Å²) in [5.41, 5.74) is 7.61. The summed E-state index contributed by atoms with van der Waals surface area (Å²) >= 11 is 9.54. The van der Waals surface area contributed by atoms with Crippen molar-refractivity contribution in [3.63, 3.8) is 0 Å². The zero-order chi connectivity index (χ0) is 15.7. The first-order chi connectivity index (χ1) is 9.76. The van der Waals surface area contributed by atoms with Crippen LogP contribution in [0.1, 0.15) is 46.5 Å². The zero-order valence-electron chi connectivity index (χ0n) is 13.2. The van der Waals surface area contributed by atoms with Crippen molar-refractivity contribution in [2.75, 3.05) is 11.9 Å². The first-order valence-corrected chi connectivity index (χ1v) is 8.86. The predicted molar refractivity (Wildman–Crippen MR) is 96.0 cm³/mol. The average Bonchev–Trinajstić information content (AvgIpc) is 2.42. The summed E-state index contributed by atoms with van der Waals surface area (Å²) < 4.78 is 0.921. The fraction of sp³-hybridized carbons (Fsp3) is 0.647. The Bertz CT molecular complexity index is 488. The number of nitrogens with one attached hydrogen (secondary N) is 1. The van der Waals surface area contributed by atoms with Crippen LogP contribution < -0.4 is 11.1 Å². The van der Waals surface area contributed by atoms with Crippen molar-refractivity contribution in [3.8, 4) is 0 Å². The molecule has 4 heteroatoms. The molecule has 21 heavy (non-hydrogen) atoms. The summed E-state index contributed by atoms with van der Waals surface area (Å²) in [4.78, 5) is 0. The van der Waals surface area contributed by atoms with Gasteiger partial charge in [0.05, 0.1) is 5.02 Å². The number of benzene rings is 1. The molecule has 2 nitrogen and oxygen atoms in total. The summed E-state index contributed by atoms with van der Waals surface area (Å²) in [5, 5.41) is 4.41. The molecule has 1 aromatic rings. The van der Waals surface area contributed by atoms with Crippen LogP contribution in [0.3, 0.4) is 0 Å². The first-order valence-electron chi connectivity index (χ1n) is 7.69. The molecule has 0 bridgehead atoms. The van der Waals surface area contributed by atoms with Crippen LogP contribution in [0.5, 0.6) is 0 Å². The molecule has 0 saturated heterocycles. The van der Waals surface area contributed by atoms with Crippen LogP contribution in [-0.2, 0) is 0 Å². The third kappa shape index (κ3) is 4.14. The van der Waals surface area contributed by atoms with Crippen molar-refractivity contribution in [2.45, 2.75) is 52.0 Å². The van der Waals surface area contributed by atoms with E-state index in [0.717, 1.165) is 33.9 Å². The van der Waals surface area contributed by atoms with Gasteiger partial charge < -0.3 is 11.1 Å². The largest absolute Gasteiger partial charge is 0.378 e. The lowest BCUT2D eigenvalue weighted by molar-refractivity contribution is 0.145. The summed E-state index contributed by atoms with van der Waals surface area (Å²) in [6.07, 6.45) is 4.74. The van der Waals surface area contributed by atoms with Gasteiger partial charge >= 0.3 is 0 Å². The van der Waals surface area contributed by atoms with Crippen molar-refractivity contribution < 1.29 is 0 Å². The van der Waals surface area contributed by atoms with Gasteiger partial charge in [0.25, 0.3) is 0 Å². The highest BCUT2D eigenvalue weighted by atomic mass is 79.9. The van der Waals surface area contributed by atoms with Gasteiger partial charge in [0.15, 0.2) is 0 Å². The van der Waals surface area contributed by atoms with E-state index in [0.29, 0.717) is 12.0 Å². The topological polar surface area (TPSA) is 38.0 Å². The summed E-state index contributed by atoms with van der Waals surface area (Å²) in [6.45, 7) is 7.70. The van der Waals surface area contributed by atoms with Crippen LogP contribution >= 0.6 is 27.5 Å². The molecule has 1 aliphatic carbocycles. The smallest absolute Gasteiger partial charge is 0.0549 e. The van der Waals surface area contributed by atoms with E-state index >= 15 is 0 Å². The maximum Gasteiger partial charge on any atom is 0.0549 e. The number of hydrogen-bond donors (Lipinski definition) is 2. The second-order valence-electron chi connectivity index (χ2n) is 7.38. The Morgan fingerprint density at radius 3 is 2.43 bits per heavy atom. The molecule has 0 atom stereocenters. The predicted octanol–water partition coefficient (Wildman–Crippen LogP) is 5.45. The lowest BCUT2D eigenvalue weighted by Crippen LogP contribution is -2.49. The Kier molecular flexibility index (Phi) is 5.27. The van der Waals surface area contributed by atoms with Crippen molar-refractivity contribution in [3.05, 3.63) is 27.7 Å². The first kappa shape index (κ1) is 17.1. The Labute approximate surface area is 142 Å². The molecule has 0 amide bonds. The van der Waals surface area contributed by atoms with Gasteiger partial charge in [-0.15, -0.1) is 0 Å². The fourth-order valence-electron chi connectivity index (χ4n) is 3.30. The van der Waals surface area contributed by atoms with Gasteiger partial charge in [-0.05, 0) is 71.1 Å². The van der Waals surface area contributed by atoms with E-state index in [9.17, 15) is 0 Å². The molecule has 1 fully saturated rings. The van der Waals surface area contributed by atoms with E-state index in [-0.39, 0.29) is 5.54 Å². The number of nitrogens with two attached hydrogens (primary N) is 1. The minimum absolute atomic E-state index is 0.0228. The second-order valence-corrected chi connectivity index (χ2v) is 8.64. The van der Waals surface area contributed by atoms with E-state index in [4.69, 9.17) is 17.3 Å². The fourth-order valence-corrected chi connectivity index (χ4v) is 3.79. The van der Waals surface area contributed by atoms with Gasteiger partial charge in [0.2, 0.25) is 0 Å². The van der Waals surface area contributed by atoms with E-state index < -0.39 is 0 Å². The van der Waals surface area contributed by atoms with E-state index in [1.807, 2.05) is 18.2 Å². The van der Waals surface area contributed by atoms with Crippen molar-refractivity contribution in [2.24, 2.45) is 17.1 Å². The molecule has 1 aliphatic rings. The Morgan fingerprint density at radius 2 is 1.95 bits per heavy atom. The lowest BCUT2D eigenvalue weighted by Gasteiger charge is -2.44. The Balaban J connectivity index is 2.08. The molecule has 0 aliphatic heterocycles. The molecule has 2 rings (SSSR count). The summed E-state index contributed by atoms with van der Waals surface area (Å²) in [6, 6.07) is 5.98. The third-order valence-electron chi connectivity index (χ3n) is 4.89. The minimum Gasteiger partial charge on any atom is -0.378 e. The highest BCUT2D eigenvalue weighted by molar-refractivity contribution is 9.10. The number of halogens is 2. The Hall–Kier alpha value is -0.250. The Morgan fingerprint density at radius 1 is 1.33 bits per heavy atom. The number of rotatable bonds is 3. The maximum atomic E-state index is 6.11. The zero-order valence-corrected chi connectivity index (χ0v) is 15.5. The second kappa shape index (κ2) is 6.47. The van der Waals surface area contributed by atoms with Crippen molar-refractivity contribution in [1.82, 2.24) is 0 Å². The van der Waals surface area contributed by atoms with Crippen molar-refractivity contribution >= 4 is 33.2 Å². The molecule has 118 valence electrons. The van der Waals surface area contributed by atoms with Crippen molar-refractivity contribution in [1.29, 1.82) is 0 Å². The highest BCUT2D eigenvalue weighted by Crippen LogP contribution is 2.42. The molecule has 1 aromatic carbocycles. The van der Waals surface area contributed by atoms with Gasteiger partial charge in [-0.1, -0.05) is 32.4 Å². The van der Waals surface area contributed by atoms with Crippen LogP contribution in [0.4, 0.5) is 5.69 Å². The number of hydrogen-bond acceptors (Lipinski definition) is 2. The molecule has 0 aromatic heterocycles. The van der Waals surface area contributed by atoms with Crippen LogP contribution in [0.2, 0.25) is 5.02 Å². The van der Waals surface area contributed by atoms with Crippen LogP contribution in [-0.4, -0.2) is 12.1 Å². The molecule has 0 spiro atoms. The molecule has 0 radical (unpaired) electrons. The quantitative estimate of drug-likeness (QED) is 0.739. The number of anilines is 1. The van der Waals surface area contributed by atoms with Crippen LogP contribution in [0.15, 0.2) is 22.7 Å². The maximum absolute atomic E-state index is 6.11. The monoisotopic (exact) mass is 372 g/mol. The lowest BCUT2D eigenvalue weighted by atomic mass is 9.67. The average molecular weight is 374 g/mol. The van der Waals surface area contributed by atoms with Gasteiger partial charge in [0, 0.05) is 22.2 Å². The molecular weight excluding hydrogens is 348 g/mol. The van der Waals surface area contributed by atoms with E-state index in [2.05, 4.69) is 42.0 Å². The van der Waals surface area contributed by atoms with Gasteiger partial charge in [-0.2, -0.15) is 0 Å².